The van der Waals surface area contributed by atoms with Crippen LogP contribution in [0.4, 0.5) is 18.9 Å². The van der Waals surface area contributed by atoms with Gasteiger partial charge < -0.3 is 32.1 Å². The highest BCUT2D eigenvalue weighted by Gasteiger charge is 2.38. The van der Waals surface area contributed by atoms with E-state index in [-0.39, 0.29) is 62.4 Å². The number of hydrogen-bond acceptors (Lipinski definition) is 10. The van der Waals surface area contributed by atoms with Crippen LogP contribution in [0.1, 0.15) is 39.8 Å². The second kappa shape index (κ2) is 23.5. The lowest BCUT2D eigenvalue weighted by molar-refractivity contribution is -0.192. The lowest BCUT2D eigenvalue weighted by Gasteiger charge is -2.24. The SMILES string of the molecule is N=C(N)c1ccc(CNC(=O)[C@@H]2Cc3ccc(cc3)NC(=O)CN3CCCN(CC3)CC(=O)NCc3ccc(cc3)C[C@@H](NS(=O)(=O)Cc3ccccc3)C(=O)N2)cc1.O=C(O)C(F)(F)F. The maximum absolute atomic E-state index is 14.2. The zero-order valence-corrected chi connectivity index (χ0v) is 36.6. The molecule has 352 valence electrons. The van der Waals surface area contributed by atoms with E-state index in [0.717, 1.165) is 30.6 Å². The fraction of sp³-hybridized carbons (Fsp3) is 0.333. The summed E-state index contributed by atoms with van der Waals surface area (Å²) in [6.45, 7) is 3.58. The average molecular weight is 936 g/mol. The number of amides is 4. The first-order valence-corrected chi connectivity index (χ1v) is 22.5. The predicted molar refractivity (Wildman–Crippen MR) is 239 cm³/mol. The summed E-state index contributed by atoms with van der Waals surface area (Å²) in [6, 6.07) is 27.3. The number of nitrogens with zero attached hydrogens (tertiary/aromatic N) is 2. The van der Waals surface area contributed by atoms with E-state index in [1.807, 2.05) is 12.1 Å². The Morgan fingerprint density at radius 3 is 1.92 bits per heavy atom. The quantitative estimate of drug-likeness (QED) is 0.0940. The number of nitrogens with two attached hydrogens (primary N) is 1. The molecule has 0 spiro atoms. The standard InChI is InChI=1S/C43H51N9O6S.C2HF3O2/c44-41(45)35-15-11-33(12-16-35)26-47-42(55)37-23-31-13-17-36(18-14-31)48-40(54)28-52-20-4-19-51(21-22-52)27-39(53)46-25-32-9-7-30(8-10-32)24-38(43(56)49-37)50-59(57,58)29-34-5-2-1-3-6-34;3-2(4,5)1(6)7/h1-3,5-18,37-38,50H,4,19-29H2,(H3,44,45)(H,46,53)(H,47,55)(H,48,54)(H,49,56);(H,6,7)/t37-,38+;/m0./s1. The molecule has 9 N–H and O–H groups in total. The summed E-state index contributed by atoms with van der Waals surface area (Å²) in [5.41, 5.74) is 10.1. The maximum atomic E-state index is 14.2. The van der Waals surface area contributed by atoms with Gasteiger partial charge in [-0.05, 0) is 65.9 Å². The van der Waals surface area contributed by atoms with Gasteiger partial charge in [-0.15, -0.1) is 0 Å². The van der Waals surface area contributed by atoms with Crippen molar-refractivity contribution in [2.24, 2.45) is 5.73 Å². The molecule has 1 fully saturated rings. The summed E-state index contributed by atoms with van der Waals surface area (Å²) in [6.07, 6.45) is -4.23. The highest BCUT2D eigenvalue weighted by atomic mass is 32.2. The van der Waals surface area contributed by atoms with Gasteiger partial charge in [0.1, 0.15) is 17.9 Å². The van der Waals surface area contributed by atoms with E-state index in [9.17, 15) is 40.8 Å². The lowest BCUT2D eigenvalue weighted by Crippen LogP contribution is -2.55. The Kier molecular flexibility index (Phi) is 17.9. The van der Waals surface area contributed by atoms with Crippen LogP contribution >= 0.6 is 0 Å². The van der Waals surface area contributed by atoms with Gasteiger partial charge in [-0.2, -0.15) is 13.2 Å². The molecule has 1 saturated heterocycles. The summed E-state index contributed by atoms with van der Waals surface area (Å²) in [5.74, 6) is -4.70. The minimum absolute atomic E-state index is 0.0241. The largest absolute Gasteiger partial charge is 0.490 e. The van der Waals surface area contributed by atoms with E-state index in [2.05, 4.69) is 35.8 Å². The van der Waals surface area contributed by atoms with E-state index in [4.69, 9.17) is 21.0 Å². The van der Waals surface area contributed by atoms with Crippen molar-refractivity contribution in [2.75, 3.05) is 44.6 Å². The van der Waals surface area contributed by atoms with Crippen LogP contribution in [0.15, 0.2) is 103 Å². The van der Waals surface area contributed by atoms with Crippen molar-refractivity contribution in [2.45, 2.75) is 56.4 Å². The number of carboxylic acid groups (broad SMARTS) is 1. The first-order valence-electron chi connectivity index (χ1n) is 20.9. The average Bonchev–Trinajstić information content (AvgIpc) is 3.49. The molecule has 4 amide bonds. The molecule has 0 aliphatic carbocycles. The molecule has 66 heavy (non-hydrogen) atoms. The Morgan fingerprint density at radius 2 is 1.33 bits per heavy atom. The van der Waals surface area contributed by atoms with Gasteiger partial charge in [-0.1, -0.05) is 91.0 Å². The molecule has 0 radical (unpaired) electrons. The van der Waals surface area contributed by atoms with Crippen LogP contribution in [0.25, 0.3) is 0 Å². The third-order valence-corrected chi connectivity index (χ3v) is 11.8. The van der Waals surface area contributed by atoms with Crippen LogP contribution in [0, 0.1) is 5.41 Å². The zero-order valence-electron chi connectivity index (χ0n) is 35.8. The van der Waals surface area contributed by atoms with Crippen LogP contribution in [-0.4, -0.2) is 116 Å². The molecular weight excluding hydrogens is 884 g/mol. The van der Waals surface area contributed by atoms with Gasteiger partial charge in [-0.3, -0.25) is 34.4 Å². The van der Waals surface area contributed by atoms with Crippen molar-refractivity contribution >= 4 is 51.1 Å². The number of nitrogen functional groups attached to an aromatic ring is 1. The molecule has 4 aromatic rings. The number of aliphatic carboxylic acids is 1. The van der Waals surface area contributed by atoms with Gasteiger partial charge >= 0.3 is 12.1 Å². The number of anilines is 1. The van der Waals surface area contributed by atoms with E-state index in [0.29, 0.717) is 41.0 Å². The van der Waals surface area contributed by atoms with Gasteiger partial charge in [0.05, 0.1) is 18.8 Å². The van der Waals surface area contributed by atoms with Crippen molar-refractivity contribution in [3.63, 3.8) is 0 Å². The Labute approximate surface area is 379 Å². The number of amidine groups is 1. The predicted octanol–water partition coefficient (Wildman–Crippen LogP) is 2.25. The summed E-state index contributed by atoms with van der Waals surface area (Å²) >= 11 is 0. The van der Waals surface area contributed by atoms with Crippen LogP contribution in [0.5, 0.6) is 0 Å². The number of hydrogen-bond donors (Lipinski definition) is 8. The van der Waals surface area contributed by atoms with Crippen LogP contribution < -0.4 is 31.7 Å². The number of carbonyl (C=O) groups is 5. The number of carboxylic acids is 1. The van der Waals surface area contributed by atoms with E-state index in [1.165, 1.54) is 0 Å². The molecule has 21 heteroatoms. The molecule has 4 aliphatic heterocycles. The molecule has 2 unspecified atom stereocenters. The topological polar surface area (TPSA) is 256 Å². The molecular formula is C45H52F3N9O8S. The number of nitrogens with one attached hydrogen (secondary N) is 6. The second-order valence-corrected chi connectivity index (χ2v) is 17.5. The maximum Gasteiger partial charge on any atom is 0.490 e. The van der Waals surface area contributed by atoms with Crippen molar-refractivity contribution in [3.8, 4) is 0 Å². The lowest BCUT2D eigenvalue weighted by atomic mass is 10.0. The second-order valence-electron chi connectivity index (χ2n) is 15.8. The first kappa shape index (κ1) is 50.3. The molecule has 4 heterocycles. The van der Waals surface area contributed by atoms with Crippen LogP contribution in [0.2, 0.25) is 0 Å². The minimum atomic E-state index is -5.08. The highest BCUT2D eigenvalue weighted by Crippen LogP contribution is 2.16. The van der Waals surface area contributed by atoms with Gasteiger partial charge in [0.15, 0.2) is 0 Å². The number of benzene rings is 4. The van der Waals surface area contributed by atoms with Crippen molar-refractivity contribution in [1.29, 1.82) is 5.41 Å². The molecule has 6 bridgehead atoms. The van der Waals surface area contributed by atoms with Gasteiger partial charge in [0.25, 0.3) is 0 Å². The van der Waals surface area contributed by atoms with Gasteiger partial charge in [0.2, 0.25) is 33.7 Å². The first-order chi connectivity index (χ1) is 31.3. The van der Waals surface area contributed by atoms with Crippen LogP contribution in [-0.2, 0) is 65.7 Å². The monoisotopic (exact) mass is 935 g/mol. The minimum Gasteiger partial charge on any atom is -0.475 e. The van der Waals surface area contributed by atoms with Crippen molar-refractivity contribution < 1.29 is 50.7 Å². The fourth-order valence-electron chi connectivity index (χ4n) is 7.03. The summed E-state index contributed by atoms with van der Waals surface area (Å²) < 4.78 is 61.4. The number of halogens is 3. The zero-order chi connectivity index (χ0) is 47.9. The molecule has 0 saturated carbocycles. The third kappa shape index (κ3) is 16.7. The number of rotatable bonds is 8. The normalized spacial score (nSPS) is 19.9. The van der Waals surface area contributed by atoms with Gasteiger partial charge in [-0.25, -0.2) is 17.9 Å². The van der Waals surface area contributed by atoms with Crippen molar-refractivity contribution in [1.82, 2.24) is 30.5 Å². The molecule has 0 aromatic heterocycles. The summed E-state index contributed by atoms with van der Waals surface area (Å²) in [4.78, 5) is 67.2. The van der Waals surface area contributed by atoms with Crippen LogP contribution in [0.3, 0.4) is 0 Å². The van der Waals surface area contributed by atoms with Crippen molar-refractivity contribution in [3.05, 3.63) is 137 Å². The molecule has 4 atom stereocenters. The smallest absolute Gasteiger partial charge is 0.475 e. The molecule has 17 nitrogen and oxygen atoms in total. The Hall–Kier alpha value is -6.68. The molecule has 8 rings (SSSR count). The fourth-order valence-corrected chi connectivity index (χ4v) is 8.37. The third-order valence-electron chi connectivity index (χ3n) is 10.5. The van der Waals surface area contributed by atoms with Gasteiger partial charge in [0, 0.05) is 43.9 Å². The number of sulfonamides is 1. The van der Waals surface area contributed by atoms with E-state index in [1.54, 1.807) is 91.0 Å². The van der Waals surface area contributed by atoms with E-state index < -0.39 is 46.1 Å². The van der Waals surface area contributed by atoms with E-state index >= 15 is 0 Å². The Balaban J connectivity index is 0.00000108. The number of carbonyl (C=O) groups excluding carboxylic acids is 4. The number of alkyl halides is 3. The molecule has 4 aliphatic rings. The Bertz CT molecular complexity index is 2430. The summed E-state index contributed by atoms with van der Waals surface area (Å²) in [5, 5.41) is 26.4. The molecule has 4 aromatic carbocycles. The summed E-state index contributed by atoms with van der Waals surface area (Å²) in [7, 11) is -4.05. The highest BCUT2D eigenvalue weighted by molar-refractivity contribution is 7.88. The Morgan fingerprint density at radius 1 is 0.773 bits per heavy atom. The number of fused-ring (bicyclic) bond motifs is 2.